The van der Waals surface area contributed by atoms with E-state index in [-0.39, 0.29) is 5.04 Å². The summed E-state index contributed by atoms with van der Waals surface area (Å²) in [7, 11) is 0.805. The van der Waals surface area contributed by atoms with Gasteiger partial charge in [0.05, 0.1) is 9.52 Å². The Morgan fingerprint density at radius 3 is 2.33 bits per heavy atom. The lowest BCUT2D eigenvalue weighted by molar-refractivity contribution is 0.888. The van der Waals surface area contributed by atoms with Gasteiger partial charge in [0, 0.05) is 5.50 Å². The van der Waals surface area contributed by atoms with Crippen LogP contribution >= 0.6 is 11.6 Å². The van der Waals surface area contributed by atoms with Gasteiger partial charge in [-0.05, 0) is 31.4 Å². The molecular formula is C10H15ClSi. The van der Waals surface area contributed by atoms with Gasteiger partial charge < -0.3 is 0 Å². The van der Waals surface area contributed by atoms with Crippen LogP contribution in [-0.4, -0.2) is 15.0 Å². The minimum Gasteiger partial charge on any atom is -0.131 e. The average Bonchev–Trinajstić information content (AvgIpc) is 2.17. The first-order chi connectivity index (χ1) is 5.51. The molecule has 0 aromatic rings. The number of hydrogen-bond acceptors (Lipinski definition) is 0. The van der Waals surface area contributed by atoms with Crippen molar-refractivity contribution in [3.05, 3.63) is 22.8 Å². The van der Waals surface area contributed by atoms with Gasteiger partial charge in [-0.2, -0.15) is 0 Å². The molecule has 0 aliphatic heterocycles. The quantitative estimate of drug-likeness (QED) is 0.472. The van der Waals surface area contributed by atoms with Crippen LogP contribution in [-0.2, 0) is 0 Å². The van der Waals surface area contributed by atoms with Gasteiger partial charge in [-0.1, -0.05) is 24.1 Å². The highest BCUT2D eigenvalue weighted by atomic mass is 35.5. The second-order valence-electron chi connectivity index (χ2n) is 3.59. The van der Waals surface area contributed by atoms with Crippen molar-refractivity contribution in [2.45, 2.75) is 32.7 Å². The molecule has 0 fully saturated rings. The molecule has 0 saturated heterocycles. The van der Waals surface area contributed by atoms with Crippen molar-refractivity contribution in [2.24, 2.45) is 0 Å². The SMILES string of the molecule is CC1=CC(C)([Si]CCl)C(C)=C1C. The number of rotatable bonds is 2. The molecule has 1 aliphatic rings. The van der Waals surface area contributed by atoms with E-state index in [0.717, 1.165) is 15.0 Å². The van der Waals surface area contributed by atoms with Crippen molar-refractivity contribution in [2.75, 3.05) is 5.50 Å². The summed E-state index contributed by atoms with van der Waals surface area (Å²) in [5.74, 6) is 0. The first kappa shape index (κ1) is 10.1. The number of hydrogen-bond donors (Lipinski definition) is 0. The molecule has 1 aliphatic carbocycles. The molecule has 1 atom stereocenters. The van der Waals surface area contributed by atoms with Crippen LogP contribution in [0, 0.1) is 0 Å². The summed E-state index contributed by atoms with van der Waals surface area (Å²) in [5, 5.41) is 0.260. The van der Waals surface area contributed by atoms with E-state index in [4.69, 9.17) is 11.6 Å². The second kappa shape index (κ2) is 3.39. The smallest absolute Gasteiger partial charge is 0.0753 e. The van der Waals surface area contributed by atoms with Crippen LogP contribution in [0.5, 0.6) is 0 Å². The van der Waals surface area contributed by atoms with E-state index in [1.165, 1.54) is 16.7 Å². The molecular weight excluding hydrogens is 184 g/mol. The maximum Gasteiger partial charge on any atom is 0.0753 e. The summed E-state index contributed by atoms with van der Waals surface area (Å²) >= 11 is 5.79. The van der Waals surface area contributed by atoms with Gasteiger partial charge in [0.25, 0.3) is 0 Å². The van der Waals surface area contributed by atoms with E-state index in [9.17, 15) is 0 Å². The van der Waals surface area contributed by atoms with Crippen molar-refractivity contribution < 1.29 is 0 Å². The van der Waals surface area contributed by atoms with Crippen molar-refractivity contribution in [1.82, 2.24) is 0 Å². The summed E-state index contributed by atoms with van der Waals surface area (Å²) in [6.07, 6.45) is 2.36. The third-order valence-electron chi connectivity index (χ3n) is 2.87. The topological polar surface area (TPSA) is 0 Å². The molecule has 2 radical (unpaired) electrons. The van der Waals surface area contributed by atoms with E-state index in [0.29, 0.717) is 0 Å². The maximum absolute atomic E-state index is 5.79. The van der Waals surface area contributed by atoms with Gasteiger partial charge in [0.2, 0.25) is 0 Å². The molecule has 1 rings (SSSR count). The number of alkyl halides is 1. The summed E-state index contributed by atoms with van der Waals surface area (Å²) in [4.78, 5) is 0. The zero-order valence-corrected chi connectivity index (χ0v) is 9.92. The third-order valence-corrected chi connectivity index (χ3v) is 4.66. The highest BCUT2D eigenvalue weighted by Gasteiger charge is 2.30. The number of allylic oxidation sites excluding steroid dienone is 4. The summed E-state index contributed by atoms with van der Waals surface area (Å²) < 4.78 is 0. The summed E-state index contributed by atoms with van der Waals surface area (Å²) in [5.41, 5.74) is 5.15. The predicted octanol–water partition coefficient (Wildman–Crippen LogP) is 3.36. The van der Waals surface area contributed by atoms with Crippen molar-refractivity contribution in [3.63, 3.8) is 0 Å². The van der Waals surface area contributed by atoms with Crippen LogP contribution in [0.1, 0.15) is 27.7 Å². The lowest BCUT2D eigenvalue weighted by Gasteiger charge is -2.22. The highest BCUT2D eigenvalue weighted by molar-refractivity contribution is 6.54. The second-order valence-corrected chi connectivity index (χ2v) is 6.05. The first-order valence-corrected chi connectivity index (χ1v) is 5.94. The minimum absolute atomic E-state index is 0.260. The lowest BCUT2D eigenvalue weighted by Crippen LogP contribution is -2.15. The van der Waals surface area contributed by atoms with Gasteiger partial charge in [-0.3, -0.25) is 0 Å². The fourth-order valence-corrected chi connectivity index (χ4v) is 3.54. The van der Waals surface area contributed by atoms with Crippen LogP contribution in [0.15, 0.2) is 22.8 Å². The molecule has 12 heavy (non-hydrogen) atoms. The third kappa shape index (κ3) is 1.53. The van der Waals surface area contributed by atoms with Gasteiger partial charge in [0.15, 0.2) is 0 Å². The van der Waals surface area contributed by atoms with Gasteiger partial charge >= 0.3 is 0 Å². The van der Waals surface area contributed by atoms with Gasteiger partial charge in [-0.15, -0.1) is 11.6 Å². The van der Waals surface area contributed by atoms with E-state index in [2.05, 4.69) is 33.8 Å². The molecule has 0 aromatic carbocycles. The summed E-state index contributed by atoms with van der Waals surface area (Å²) in [6, 6.07) is 0. The van der Waals surface area contributed by atoms with Crippen LogP contribution < -0.4 is 0 Å². The standard InChI is InChI=1S/C10H15ClSi/c1-7-5-10(4,12-6-11)9(3)8(7)2/h5H,6H2,1-4H3. The van der Waals surface area contributed by atoms with Crippen molar-refractivity contribution in [1.29, 1.82) is 0 Å². The van der Waals surface area contributed by atoms with E-state index < -0.39 is 0 Å². The van der Waals surface area contributed by atoms with E-state index in [1.54, 1.807) is 0 Å². The molecule has 0 saturated carbocycles. The Labute approximate surface area is 82.5 Å². The number of halogens is 1. The van der Waals surface area contributed by atoms with Crippen LogP contribution in [0.25, 0.3) is 0 Å². The van der Waals surface area contributed by atoms with E-state index >= 15 is 0 Å². The first-order valence-electron chi connectivity index (χ1n) is 4.20. The Morgan fingerprint density at radius 1 is 1.42 bits per heavy atom. The molecule has 0 bridgehead atoms. The molecule has 0 aromatic heterocycles. The molecule has 0 heterocycles. The predicted molar refractivity (Wildman–Crippen MR) is 57.0 cm³/mol. The van der Waals surface area contributed by atoms with Crippen molar-refractivity contribution >= 4 is 21.1 Å². The Morgan fingerprint density at radius 2 is 2.00 bits per heavy atom. The van der Waals surface area contributed by atoms with Crippen LogP contribution in [0.3, 0.4) is 0 Å². The molecule has 0 N–H and O–H groups in total. The average molecular weight is 199 g/mol. The molecule has 2 heteroatoms. The minimum atomic E-state index is 0.260. The Kier molecular flexibility index (Phi) is 2.84. The highest BCUT2D eigenvalue weighted by Crippen LogP contribution is 2.45. The van der Waals surface area contributed by atoms with E-state index in [1.807, 2.05) is 0 Å². The maximum atomic E-state index is 5.79. The largest absolute Gasteiger partial charge is 0.131 e. The van der Waals surface area contributed by atoms with Crippen LogP contribution in [0.4, 0.5) is 0 Å². The molecule has 0 nitrogen and oxygen atoms in total. The van der Waals surface area contributed by atoms with Gasteiger partial charge in [-0.25, -0.2) is 0 Å². The Bertz CT molecular complexity index is 253. The fourth-order valence-electron chi connectivity index (χ4n) is 1.66. The molecule has 1 unspecified atom stereocenters. The lowest BCUT2D eigenvalue weighted by atomic mass is 10.0. The van der Waals surface area contributed by atoms with Crippen LogP contribution in [0.2, 0.25) is 5.04 Å². The molecule has 0 amide bonds. The Balaban J connectivity index is 2.97. The molecule has 0 spiro atoms. The molecule has 66 valence electrons. The fraction of sp³-hybridized carbons (Fsp3) is 0.600. The zero-order valence-electron chi connectivity index (χ0n) is 8.16. The monoisotopic (exact) mass is 198 g/mol. The van der Waals surface area contributed by atoms with Crippen molar-refractivity contribution in [3.8, 4) is 0 Å². The Hall–Kier alpha value is -0.0131. The zero-order chi connectivity index (χ0) is 9.35. The van der Waals surface area contributed by atoms with Gasteiger partial charge in [0.1, 0.15) is 0 Å². The normalized spacial score (nSPS) is 29.6. The summed E-state index contributed by atoms with van der Waals surface area (Å²) in [6.45, 7) is 8.89.